The Morgan fingerprint density at radius 2 is 2.11 bits per heavy atom. The summed E-state index contributed by atoms with van der Waals surface area (Å²) in [6.07, 6.45) is 5.80. The van der Waals surface area contributed by atoms with Gasteiger partial charge in [-0.15, -0.1) is 0 Å². The Morgan fingerprint density at radius 3 is 2.81 bits per heavy atom. The van der Waals surface area contributed by atoms with Gasteiger partial charge in [-0.2, -0.15) is 0 Å². The van der Waals surface area contributed by atoms with Crippen molar-refractivity contribution < 1.29 is 14.4 Å². The van der Waals surface area contributed by atoms with Crippen LogP contribution >= 0.6 is 0 Å². The molecule has 0 aliphatic heterocycles. The Balaban J connectivity index is 1.77. The molecule has 1 amide bonds. The van der Waals surface area contributed by atoms with Gasteiger partial charge in [0.2, 0.25) is 11.3 Å². The Labute approximate surface area is 154 Å². The summed E-state index contributed by atoms with van der Waals surface area (Å²) < 4.78 is 6.90. The second-order valence-corrected chi connectivity index (χ2v) is 6.90. The number of nitrogens with one attached hydrogen (secondary N) is 1. The molecule has 1 fully saturated rings. The molecule has 1 saturated carbocycles. The Morgan fingerprint density at radius 1 is 1.33 bits per heavy atom. The highest BCUT2D eigenvalue weighted by atomic mass is 16.5. The number of aliphatic hydroxyl groups is 1. The number of aromatic nitrogens is 3. The molecular weight excluding hydrogens is 348 g/mol. The Kier molecular flexibility index (Phi) is 4.49. The normalized spacial score (nSPS) is 19.9. The number of hydrogen-bond acceptors (Lipinski definition) is 6. The van der Waals surface area contributed by atoms with Gasteiger partial charge < -0.3 is 14.2 Å². The minimum atomic E-state index is -0.550. The van der Waals surface area contributed by atoms with Crippen LogP contribution in [0.4, 0.5) is 5.88 Å². The first-order valence-corrected chi connectivity index (χ1v) is 8.95. The number of aryl methyl sites for hydroxylation is 1. The average molecular weight is 368 g/mol. The molecule has 0 aromatic carbocycles. The standard InChI is InChI=1S/C19H20N4O4/c1-11-9-16(27-22-11)21-19(26)15-10-23(12-4-6-13(24)7-5-12)18-14(17(15)25)3-2-8-20-18/h2-3,8-10,12-13,24H,4-7H2,1H3,(H,21,26)/t12-,13-. The number of carbonyl (C=O) groups excluding carboxylic acids is 1. The van der Waals surface area contributed by atoms with E-state index in [1.54, 1.807) is 37.5 Å². The van der Waals surface area contributed by atoms with Crippen LogP contribution in [-0.2, 0) is 0 Å². The molecule has 27 heavy (non-hydrogen) atoms. The van der Waals surface area contributed by atoms with Crippen molar-refractivity contribution in [3.63, 3.8) is 0 Å². The summed E-state index contributed by atoms with van der Waals surface area (Å²) in [7, 11) is 0. The molecule has 4 rings (SSSR count). The molecule has 0 radical (unpaired) electrons. The van der Waals surface area contributed by atoms with Gasteiger partial charge in [0.05, 0.1) is 17.2 Å². The molecule has 2 N–H and O–H groups in total. The first kappa shape index (κ1) is 17.4. The number of rotatable bonds is 3. The summed E-state index contributed by atoms with van der Waals surface area (Å²) in [6, 6.07) is 5.01. The lowest BCUT2D eigenvalue weighted by Gasteiger charge is -2.28. The molecule has 3 heterocycles. The molecule has 0 unspecified atom stereocenters. The number of pyridine rings is 2. The van der Waals surface area contributed by atoms with Crippen molar-refractivity contribution >= 4 is 22.8 Å². The number of aliphatic hydroxyl groups excluding tert-OH is 1. The number of fused-ring (bicyclic) bond motifs is 1. The molecule has 0 atom stereocenters. The Bertz CT molecular complexity index is 1050. The van der Waals surface area contributed by atoms with Crippen LogP contribution in [0.15, 0.2) is 39.9 Å². The van der Waals surface area contributed by atoms with Crippen molar-refractivity contribution in [1.82, 2.24) is 14.7 Å². The van der Waals surface area contributed by atoms with E-state index in [9.17, 15) is 14.7 Å². The van der Waals surface area contributed by atoms with Crippen molar-refractivity contribution in [2.24, 2.45) is 0 Å². The topological polar surface area (TPSA) is 110 Å². The number of amides is 1. The third-order valence-corrected chi connectivity index (χ3v) is 4.96. The van der Waals surface area contributed by atoms with Crippen LogP contribution in [0.25, 0.3) is 11.0 Å². The zero-order chi connectivity index (χ0) is 19.0. The first-order valence-electron chi connectivity index (χ1n) is 8.95. The van der Waals surface area contributed by atoms with Crippen molar-refractivity contribution in [3.8, 4) is 0 Å². The van der Waals surface area contributed by atoms with Gasteiger partial charge in [-0.25, -0.2) is 4.98 Å². The van der Waals surface area contributed by atoms with E-state index in [4.69, 9.17) is 4.52 Å². The van der Waals surface area contributed by atoms with E-state index in [1.807, 2.05) is 4.57 Å². The summed E-state index contributed by atoms with van der Waals surface area (Å²) in [5.41, 5.74) is 0.830. The van der Waals surface area contributed by atoms with Gasteiger partial charge in [0, 0.05) is 24.5 Å². The summed E-state index contributed by atoms with van der Waals surface area (Å²) in [5.74, 6) is -0.359. The second kappa shape index (κ2) is 6.96. The largest absolute Gasteiger partial charge is 0.393 e. The molecule has 0 spiro atoms. The summed E-state index contributed by atoms with van der Waals surface area (Å²) in [5, 5.41) is 16.5. The van der Waals surface area contributed by atoms with Crippen LogP contribution in [0.2, 0.25) is 0 Å². The van der Waals surface area contributed by atoms with Gasteiger partial charge in [-0.3, -0.25) is 14.9 Å². The minimum Gasteiger partial charge on any atom is -0.393 e. The van der Waals surface area contributed by atoms with Crippen molar-refractivity contribution in [2.75, 3.05) is 5.32 Å². The average Bonchev–Trinajstić information content (AvgIpc) is 3.08. The molecule has 8 nitrogen and oxygen atoms in total. The molecule has 0 saturated heterocycles. The van der Waals surface area contributed by atoms with Crippen molar-refractivity contribution in [1.29, 1.82) is 0 Å². The third kappa shape index (κ3) is 3.35. The minimum absolute atomic E-state index is 0.0238. The van der Waals surface area contributed by atoms with Gasteiger partial charge in [-0.05, 0) is 44.7 Å². The van der Waals surface area contributed by atoms with E-state index >= 15 is 0 Å². The zero-order valence-corrected chi connectivity index (χ0v) is 14.9. The zero-order valence-electron chi connectivity index (χ0n) is 14.9. The molecule has 1 aliphatic rings. The first-order chi connectivity index (χ1) is 13.0. The molecular formula is C19H20N4O4. The van der Waals surface area contributed by atoms with E-state index in [0.29, 0.717) is 29.6 Å². The van der Waals surface area contributed by atoms with Crippen molar-refractivity contribution in [2.45, 2.75) is 44.8 Å². The van der Waals surface area contributed by atoms with Gasteiger partial charge in [0.25, 0.3) is 5.91 Å². The van der Waals surface area contributed by atoms with Crippen LogP contribution in [-0.4, -0.2) is 31.8 Å². The lowest BCUT2D eigenvalue weighted by atomic mass is 9.92. The SMILES string of the molecule is Cc1cc(NC(=O)c2cn([C@H]3CC[C@H](O)CC3)c3ncccc3c2=O)on1. The van der Waals surface area contributed by atoms with E-state index in [2.05, 4.69) is 15.5 Å². The summed E-state index contributed by atoms with van der Waals surface area (Å²) >= 11 is 0. The second-order valence-electron chi connectivity index (χ2n) is 6.90. The third-order valence-electron chi connectivity index (χ3n) is 4.96. The lowest BCUT2D eigenvalue weighted by molar-refractivity contribution is 0.101. The molecule has 140 valence electrons. The van der Waals surface area contributed by atoms with Crippen LogP contribution in [0.3, 0.4) is 0 Å². The van der Waals surface area contributed by atoms with Gasteiger partial charge in [0.15, 0.2) is 0 Å². The maximum Gasteiger partial charge on any atom is 0.263 e. The quantitative estimate of drug-likeness (QED) is 0.735. The van der Waals surface area contributed by atoms with Crippen LogP contribution < -0.4 is 10.7 Å². The fourth-order valence-electron chi connectivity index (χ4n) is 3.56. The summed E-state index contributed by atoms with van der Waals surface area (Å²) in [6.45, 7) is 1.74. The molecule has 0 bridgehead atoms. The van der Waals surface area contributed by atoms with Crippen LogP contribution in [0, 0.1) is 6.92 Å². The monoisotopic (exact) mass is 368 g/mol. The smallest absolute Gasteiger partial charge is 0.263 e. The highest BCUT2D eigenvalue weighted by molar-refractivity contribution is 6.04. The maximum atomic E-state index is 12.9. The van der Waals surface area contributed by atoms with Crippen LogP contribution in [0.1, 0.15) is 47.8 Å². The number of hydrogen-bond donors (Lipinski definition) is 2. The van der Waals surface area contributed by atoms with Gasteiger partial charge in [-0.1, -0.05) is 5.16 Å². The number of nitrogens with zero attached hydrogens (tertiary/aromatic N) is 3. The van der Waals surface area contributed by atoms with Gasteiger partial charge in [0.1, 0.15) is 11.2 Å². The van der Waals surface area contributed by atoms with E-state index in [-0.39, 0.29) is 29.0 Å². The molecule has 1 aliphatic carbocycles. The lowest BCUT2D eigenvalue weighted by Crippen LogP contribution is -2.27. The maximum absolute atomic E-state index is 12.9. The fourth-order valence-corrected chi connectivity index (χ4v) is 3.56. The number of carbonyl (C=O) groups is 1. The van der Waals surface area contributed by atoms with Crippen molar-refractivity contribution in [3.05, 3.63) is 52.1 Å². The fraction of sp³-hybridized carbons (Fsp3) is 0.368. The predicted octanol–water partition coefficient (Wildman–Crippen LogP) is 2.42. The van der Waals surface area contributed by atoms with E-state index < -0.39 is 5.91 Å². The summed E-state index contributed by atoms with van der Waals surface area (Å²) in [4.78, 5) is 29.9. The molecule has 3 aromatic heterocycles. The predicted molar refractivity (Wildman–Crippen MR) is 98.7 cm³/mol. The molecule has 3 aromatic rings. The highest BCUT2D eigenvalue weighted by Gasteiger charge is 2.24. The van der Waals surface area contributed by atoms with E-state index in [0.717, 1.165) is 12.8 Å². The van der Waals surface area contributed by atoms with E-state index in [1.165, 1.54) is 0 Å². The number of anilines is 1. The molecule has 8 heteroatoms. The Hall–Kier alpha value is -3.00. The highest BCUT2D eigenvalue weighted by Crippen LogP contribution is 2.30. The van der Waals surface area contributed by atoms with Gasteiger partial charge >= 0.3 is 0 Å². The van der Waals surface area contributed by atoms with Crippen LogP contribution in [0.5, 0.6) is 0 Å².